The van der Waals surface area contributed by atoms with Crippen LogP contribution in [-0.2, 0) is 0 Å². The second-order valence-electron chi connectivity index (χ2n) is 4.27. The summed E-state index contributed by atoms with van der Waals surface area (Å²) in [7, 11) is 1.60. The summed E-state index contributed by atoms with van der Waals surface area (Å²) in [6.07, 6.45) is 0. The average Bonchev–Trinajstić information content (AvgIpc) is 2.42. The molecule has 5 heteroatoms. The molecule has 0 radical (unpaired) electrons. The Hall–Kier alpha value is -1.71. The number of carbonyl (C=O) groups excluding carboxylic acids is 1. The lowest BCUT2D eigenvalue weighted by Gasteiger charge is -2.09. The van der Waals surface area contributed by atoms with E-state index in [-0.39, 0.29) is 5.91 Å². The number of carbonyl (C=O) groups is 1. The third kappa shape index (κ3) is 3.24. The van der Waals surface area contributed by atoms with Crippen molar-refractivity contribution in [3.63, 3.8) is 0 Å². The Morgan fingerprint density at radius 3 is 2.45 bits per heavy atom. The summed E-state index contributed by atoms with van der Waals surface area (Å²) in [4.78, 5) is 12.1. The van der Waals surface area contributed by atoms with E-state index in [1.807, 2.05) is 6.92 Å². The second kappa shape index (κ2) is 6.16. The summed E-state index contributed by atoms with van der Waals surface area (Å²) >= 11 is 11.7. The van der Waals surface area contributed by atoms with E-state index < -0.39 is 0 Å². The van der Waals surface area contributed by atoms with Gasteiger partial charge < -0.3 is 10.1 Å². The molecule has 2 aromatic carbocycles. The highest BCUT2D eigenvalue weighted by atomic mass is 35.5. The number of methoxy groups -OCH3 is 1. The minimum Gasteiger partial charge on any atom is -0.496 e. The minimum absolute atomic E-state index is 0.214. The number of amides is 1. The molecule has 0 aliphatic rings. The van der Waals surface area contributed by atoms with Gasteiger partial charge in [0.05, 0.1) is 17.2 Å². The first-order valence-corrected chi connectivity index (χ1v) is 6.68. The molecule has 20 heavy (non-hydrogen) atoms. The number of benzene rings is 2. The van der Waals surface area contributed by atoms with E-state index in [0.717, 1.165) is 11.3 Å². The third-order valence-electron chi connectivity index (χ3n) is 2.83. The predicted octanol–water partition coefficient (Wildman–Crippen LogP) is 4.56. The number of rotatable bonds is 3. The van der Waals surface area contributed by atoms with Crippen LogP contribution in [0.1, 0.15) is 15.9 Å². The fourth-order valence-electron chi connectivity index (χ4n) is 1.80. The topological polar surface area (TPSA) is 38.3 Å². The summed E-state index contributed by atoms with van der Waals surface area (Å²) in [6, 6.07) is 10.2. The molecule has 0 heterocycles. The van der Waals surface area contributed by atoms with Gasteiger partial charge in [0.15, 0.2) is 0 Å². The maximum Gasteiger partial charge on any atom is 0.255 e. The van der Waals surface area contributed by atoms with Crippen molar-refractivity contribution in [2.45, 2.75) is 6.92 Å². The van der Waals surface area contributed by atoms with Crippen molar-refractivity contribution in [2.75, 3.05) is 12.4 Å². The first kappa shape index (κ1) is 14.7. The largest absolute Gasteiger partial charge is 0.496 e. The standard InChI is InChI=1S/C15H13Cl2NO2/c1-9-7-10(3-6-14(9)20-2)15(19)18-11-4-5-12(16)13(17)8-11/h3-8H,1-2H3,(H,18,19). The van der Waals surface area contributed by atoms with Crippen molar-refractivity contribution in [1.29, 1.82) is 0 Å². The van der Waals surface area contributed by atoms with Crippen molar-refractivity contribution >= 4 is 34.8 Å². The maximum atomic E-state index is 12.1. The molecule has 0 bridgehead atoms. The molecule has 0 saturated heterocycles. The molecular formula is C15H13Cl2NO2. The Morgan fingerprint density at radius 1 is 1.10 bits per heavy atom. The Bertz CT molecular complexity index is 656. The smallest absolute Gasteiger partial charge is 0.255 e. The third-order valence-corrected chi connectivity index (χ3v) is 3.57. The lowest BCUT2D eigenvalue weighted by molar-refractivity contribution is 0.102. The highest BCUT2D eigenvalue weighted by molar-refractivity contribution is 6.42. The molecule has 0 unspecified atom stereocenters. The number of aryl methyl sites for hydroxylation is 1. The lowest BCUT2D eigenvalue weighted by atomic mass is 10.1. The van der Waals surface area contributed by atoms with E-state index in [4.69, 9.17) is 27.9 Å². The molecule has 104 valence electrons. The molecule has 1 N–H and O–H groups in total. The van der Waals surface area contributed by atoms with E-state index >= 15 is 0 Å². The van der Waals surface area contributed by atoms with Gasteiger partial charge in [-0.1, -0.05) is 23.2 Å². The number of hydrogen-bond donors (Lipinski definition) is 1. The van der Waals surface area contributed by atoms with Crippen LogP contribution in [0.5, 0.6) is 5.75 Å². The molecule has 3 nitrogen and oxygen atoms in total. The zero-order valence-corrected chi connectivity index (χ0v) is 12.5. The van der Waals surface area contributed by atoms with Crippen LogP contribution in [-0.4, -0.2) is 13.0 Å². The molecule has 0 atom stereocenters. The molecular weight excluding hydrogens is 297 g/mol. The number of ether oxygens (including phenoxy) is 1. The van der Waals surface area contributed by atoms with Crippen LogP contribution < -0.4 is 10.1 Å². The first-order valence-electron chi connectivity index (χ1n) is 5.92. The van der Waals surface area contributed by atoms with Crippen LogP contribution in [0.25, 0.3) is 0 Å². The number of nitrogens with one attached hydrogen (secondary N) is 1. The molecule has 1 amide bonds. The second-order valence-corrected chi connectivity index (χ2v) is 5.08. The molecule has 0 aliphatic carbocycles. The Morgan fingerprint density at radius 2 is 1.85 bits per heavy atom. The van der Waals surface area contributed by atoms with Crippen molar-refractivity contribution in [3.8, 4) is 5.75 Å². The van der Waals surface area contributed by atoms with Gasteiger partial charge in [0.25, 0.3) is 5.91 Å². The Labute approximate surface area is 127 Å². The predicted molar refractivity (Wildman–Crippen MR) is 82.1 cm³/mol. The maximum absolute atomic E-state index is 12.1. The SMILES string of the molecule is COc1ccc(C(=O)Nc2ccc(Cl)c(Cl)c2)cc1C. The van der Waals surface area contributed by atoms with Crippen molar-refractivity contribution in [2.24, 2.45) is 0 Å². The zero-order valence-electron chi connectivity index (χ0n) is 11.0. The van der Waals surface area contributed by atoms with Crippen molar-refractivity contribution < 1.29 is 9.53 Å². The quantitative estimate of drug-likeness (QED) is 0.902. The Balaban J connectivity index is 2.19. The highest BCUT2D eigenvalue weighted by Crippen LogP contribution is 2.25. The lowest BCUT2D eigenvalue weighted by Crippen LogP contribution is -2.12. The van der Waals surface area contributed by atoms with Crippen LogP contribution in [0, 0.1) is 6.92 Å². The normalized spacial score (nSPS) is 10.2. The van der Waals surface area contributed by atoms with E-state index in [9.17, 15) is 4.79 Å². The molecule has 0 aliphatic heterocycles. The average molecular weight is 310 g/mol. The Kier molecular flexibility index (Phi) is 4.53. The summed E-state index contributed by atoms with van der Waals surface area (Å²) in [5.74, 6) is 0.533. The van der Waals surface area contributed by atoms with Crippen LogP contribution in [0.3, 0.4) is 0 Å². The van der Waals surface area contributed by atoms with Gasteiger partial charge in [0.1, 0.15) is 5.75 Å². The van der Waals surface area contributed by atoms with Gasteiger partial charge in [-0.2, -0.15) is 0 Å². The zero-order chi connectivity index (χ0) is 14.7. The first-order chi connectivity index (χ1) is 9.51. The fourth-order valence-corrected chi connectivity index (χ4v) is 2.09. The van der Waals surface area contributed by atoms with Crippen LogP contribution in [0.2, 0.25) is 10.0 Å². The van der Waals surface area contributed by atoms with Crippen molar-refractivity contribution in [1.82, 2.24) is 0 Å². The van der Waals surface area contributed by atoms with Crippen molar-refractivity contribution in [3.05, 3.63) is 57.6 Å². The molecule has 0 saturated carbocycles. The van der Waals surface area contributed by atoms with Gasteiger partial charge >= 0.3 is 0 Å². The summed E-state index contributed by atoms with van der Waals surface area (Å²) in [5, 5.41) is 3.62. The van der Waals surface area contributed by atoms with Gasteiger partial charge in [-0.05, 0) is 48.9 Å². The summed E-state index contributed by atoms with van der Waals surface area (Å²) in [6.45, 7) is 1.88. The number of hydrogen-bond acceptors (Lipinski definition) is 2. The van der Waals surface area contributed by atoms with E-state index in [1.54, 1.807) is 43.5 Å². The van der Waals surface area contributed by atoms with Crippen LogP contribution in [0.15, 0.2) is 36.4 Å². The summed E-state index contributed by atoms with van der Waals surface area (Å²) in [5.41, 5.74) is 2.04. The monoisotopic (exact) mass is 309 g/mol. The van der Waals surface area contributed by atoms with Gasteiger partial charge in [-0.25, -0.2) is 0 Å². The van der Waals surface area contributed by atoms with E-state index in [2.05, 4.69) is 5.32 Å². The van der Waals surface area contributed by atoms with E-state index in [1.165, 1.54) is 0 Å². The summed E-state index contributed by atoms with van der Waals surface area (Å²) < 4.78 is 5.16. The van der Waals surface area contributed by atoms with Gasteiger partial charge in [-0.3, -0.25) is 4.79 Å². The molecule has 0 fully saturated rings. The molecule has 0 aromatic heterocycles. The fraction of sp³-hybridized carbons (Fsp3) is 0.133. The van der Waals surface area contributed by atoms with Gasteiger partial charge in [-0.15, -0.1) is 0 Å². The molecule has 2 aromatic rings. The van der Waals surface area contributed by atoms with Crippen LogP contribution >= 0.6 is 23.2 Å². The minimum atomic E-state index is -0.214. The molecule has 0 spiro atoms. The van der Waals surface area contributed by atoms with E-state index in [0.29, 0.717) is 21.3 Å². The van der Waals surface area contributed by atoms with Gasteiger partial charge in [0, 0.05) is 11.3 Å². The number of anilines is 1. The number of halogens is 2. The van der Waals surface area contributed by atoms with Gasteiger partial charge in [0.2, 0.25) is 0 Å². The molecule has 2 rings (SSSR count). The van der Waals surface area contributed by atoms with Crippen LogP contribution in [0.4, 0.5) is 5.69 Å². The highest BCUT2D eigenvalue weighted by Gasteiger charge is 2.09.